The summed E-state index contributed by atoms with van der Waals surface area (Å²) in [5.41, 5.74) is 0.419. The first-order valence-corrected chi connectivity index (χ1v) is 5.33. The Balaban J connectivity index is 2.23. The van der Waals surface area contributed by atoms with Gasteiger partial charge in [-0.2, -0.15) is 4.39 Å². The van der Waals surface area contributed by atoms with Gasteiger partial charge in [-0.15, -0.1) is 0 Å². The molecule has 0 saturated carbocycles. The highest BCUT2D eigenvalue weighted by Crippen LogP contribution is 2.28. The molecule has 0 unspecified atom stereocenters. The molecule has 0 atom stereocenters. The average Bonchev–Trinajstić information content (AvgIpc) is 2.29. The number of nitrogens with one attached hydrogen (secondary N) is 1. The Hall–Kier alpha value is -1.49. The highest BCUT2D eigenvalue weighted by atomic mass is 19.1. The predicted octanol–water partition coefficient (Wildman–Crippen LogP) is 2.20. The van der Waals surface area contributed by atoms with Crippen LogP contribution in [0.1, 0.15) is 24.3 Å². The number of nitrogens with zero attached hydrogens (tertiary/aromatic N) is 1. The van der Waals surface area contributed by atoms with E-state index < -0.39 is 16.4 Å². The van der Waals surface area contributed by atoms with Gasteiger partial charge in [0, 0.05) is 6.07 Å². The SMILES string of the molecule is O=[N+]([O-])c1ccc(C2CCNCC2)cc1F. The molecule has 1 heterocycles. The largest absolute Gasteiger partial charge is 0.317 e. The van der Waals surface area contributed by atoms with Crippen LogP contribution in [0.25, 0.3) is 0 Å². The molecule has 2 rings (SSSR count). The molecule has 0 radical (unpaired) electrons. The summed E-state index contributed by atoms with van der Waals surface area (Å²) in [5.74, 6) is -0.419. The van der Waals surface area contributed by atoms with Crippen molar-refractivity contribution >= 4 is 5.69 Å². The minimum absolute atomic E-state index is 0.316. The Morgan fingerprint density at radius 2 is 2.06 bits per heavy atom. The van der Waals surface area contributed by atoms with Crippen LogP contribution in [0.2, 0.25) is 0 Å². The molecular weight excluding hydrogens is 211 g/mol. The standard InChI is InChI=1S/C11H13FN2O2/c12-10-7-9(1-2-11(10)14(15)16)8-3-5-13-6-4-8/h1-2,7-8,13H,3-6H2. The maximum atomic E-state index is 13.4. The van der Waals surface area contributed by atoms with Crippen molar-refractivity contribution in [1.29, 1.82) is 0 Å². The minimum Gasteiger partial charge on any atom is -0.317 e. The second-order valence-corrected chi connectivity index (χ2v) is 3.99. The number of halogens is 1. The zero-order chi connectivity index (χ0) is 11.5. The Labute approximate surface area is 92.6 Å². The number of hydrogen-bond acceptors (Lipinski definition) is 3. The maximum absolute atomic E-state index is 13.4. The van der Waals surface area contributed by atoms with Gasteiger partial charge in [0.15, 0.2) is 0 Å². The molecule has 0 aromatic heterocycles. The smallest absolute Gasteiger partial charge is 0.304 e. The molecule has 0 bridgehead atoms. The molecule has 1 N–H and O–H groups in total. The third-order valence-electron chi connectivity index (χ3n) is 2.98. The molecule has 1 aliphatic heterocycles. The maximum Gasteiger partial charge on any atom is 0.304 e. The normalized spacial score (nSPS) is 17.3. The fourth-order valence-electron chi connectivity index (χ4n) is 2.08. The number of hydrogen-bond donors (Lipinski definition) is 1. The highest BCUT2D eigenvalue weighted by Gasteiger charge is 2.19. The van der Waals surface area contributed by atoms with Gasteiger partial charge in [0.2, 0.25) is 5.82 Å². The van der Waals surface area contributed by atoms with Crippen LogP contribution in [0.3, 0.4) is 0 Å². The fraction of sp³-hybridized carbons (Fsp3) is 0.455. The van der Waals surface area contributed by atoms with E-state index in [1.165, 1.54) is 12.1 Å². The summed E-state index contributed by atoms with van der Waals surface area (Å²) in [6.07, 6.45) is 1.91. The monoisotopic (exact) mass is 224 g/mol. The molecule has 4 nitrogen and oxygen atoms in total. The fourth-order valence-corrected chi connectivity index (χ4v) is 2.08. The van der Waals surface area contributed by atoms with E-state index in [-0.39, 0.29) is 0 Å². The lowest BCUT2D eigenvalue weighted by molar-refractivity contribution is -0.387. The van der Waals surface area contributed by atoms with E-state index in [0.717, 1.165) is 31.5 Å². The van der Waals surface area contributed by atoms with E-state index >= 15 is 0 Å². The van der Waals surface area contributed by atoms with E-state index in [2.05, 4.69) is 5.32 Å². The van der Waals surface area contributed by atoms with Crippen molar-refractivity contribution in [2.45, 2.75) is 18.8 Å². The van der Waals surface area contributed by atoms with Gasteiger partial charge >= 0.3 is 5.69 Å². The van der Waals surface area contributed by atoms with Gasteiger partial charge in [-0.1, -0.05) is 6.07 Å². The van der Waals surface area contributed by atoms with Gasteiger partial charge in [0.1, 0.15) is 0 Å². The van der Waals surface area contributed by atoms with Crippen LogP contribution in [0, 0.1) is 15.9 Å². The molecule has 16 heavy (non-hydrogen) atoms. The molecule has 1 saturated heterocycles. The van der Waals surface area contributed by atoms with Crippen molar-refractivity contribution in [3.05, 3.63) is 39.7 Å². The van der Waals surface area contributed by atoms with Crippen molar-refractivity contribution < 1.29 is 9.31 Å². The van der Waals surface area contributed by atoms with Crippen molar-refractivity contribution in [2.24, 2.45) is 0 Å². The minimum atomic E-state index is -0.735. The van der Waals surface area contributed by atoms with E-state index in [9.17, 15) is 14.5 Å². The molecule has 0 aliphatic carbocycles. The van der Waals surface area contributed by atoms with Crippen LogP contribution in [0.5, 0.6) is 0 Å². The Bertz CT molecular complexity index is 403. The van der Waals surface area contributed by atoms with Crippen LogP contribution in [0.4, 0.5) is 10.1 Å². The lowest BCUT2D eigenvalue weighted by atomic mass is 9.90. The van der Waals surface area contributed by atoms with Gasteiger partial charge in [-0.3, -0.25) is 10.1 Å². The zero-order valence-electron chi connectivity index (χ0n) is 8.78. The molecule has 1 fully saturated rings. The Morgan fingerprint density at radius 1 is 1.38 bits per heavy atom. The topological polar surface area (TPSA) is 55.2 Å². The summed E-state index contributed by atoms with van der Waals surface area (Å²) in [7, 11) is 0. The number of piperidine rings is 1. The van der Waals surface area contributed by atoms with Crippen molar-refractivity contribution in [2.75, 3.05) is 13.1 Å². The van der Waals surface area contributed by atoms with Crippen LogP contribution in [0.15, 0.2) is 18.2 Å². The van der Waals surface area contributed by atoms with Crippen molar-refractivity contribution in [3.63, 3.8) is 0 Å². The lowest BCUT2D eigenvalue weighted by Gasteiger charge is -2.22. The summed E-state index contributed by atoms with van der Waals surface area (Å²) in [6.45, 7) is 1.84. The quantitative estimate of drug-likeness (QED) is 0.619. The summed E-state index contributed by atoms with van der Waals surface area (Å²) < 4.78 is 13.4. The van der Waals surface area contributed by atoms with Gasteiger partial charge < -0.3 is 5.32 Å². The van der Waals surface area contributed by atoms with Crippen LogP contribution in [-0.4, -0.2) is 18.0 Å². The van der Waals surface area contributed by atoms with E-state index in [1.54, 1.807) is 6.07 Å². The summed E-state index contributed by atoms with van der Waals surface area (Å²) >= 11 is 0. The molecule has 86 valence electrons. The van der Waals surface area contributed by atoms with Gasteiger partial charge in [0.25, 0.3) is 0 Å². The first kappa shape index (κ1) is 11.0. The molecule has 1 aromatic rings. The van der Waals surface area contributed by atoms with E-state index in [0.29, 0.717) is 5.92 Å². The second kappa shape index (κ2) is 4.57. The van der Waals surface area contributed by atoms with Crippen LogP contribution >= 0.6 is 0 Å². The first-order valence-electron chi connectivity index (χ1n) is 5.33. The number of rotatable bonds is 2. The summed E-state index contributed by atoms with van der Waals surface area (Å²) in [4.78, 5) is 9.77. The third-order valence-corrected chi connectivity index (χ3v) is 2.98. The Kier molecular flexibility index (Phi) is 3.14. The van der Waals surface area contributed by atoms with Gasteiger partial charge in [-0.05, 0) is 43.5 Å². The van der Waals surface area contributed by atoms with Crippen LogP contribution in [-0.2, 0) is 0 Å². The number of nitro benzene ring substituents is 1. The lowest BCUT2D eigenvalue weighted by Crippen LogP contribution is -2.26. The predicted molar refractivity (Wildman–Crippen MR) is 57.9 cm³/mol. The zero-order valence-corrected chi connectivity index (χ0v) is 8.78. The van der Waals surface area contributed by atoms with E-state index in [4.69, 9.17) is 0 Å². The second-order valence-electron chi connectivity index (χ2n) is 3.99. The molecular formula is C11H13FN2O2. The number of nitro groups is 1. The number of benzene rings is 1. The van der Waals surface area contributed by atoms with Crippen LogP contribution < -0.4 is 5.32 Å². The first-order chi connectivity index (χ1) is 7.68. The summed E-state index contributed by atoms with van der Waals surface area (Å²) in [6, 6.07) is 4.22. The molecule has 1 aromatic carbocycles. The third kappa shape index (κ3) is 2.19. The van der Waals surface area contributed by atoms with Gasteiger partial charge in [0.05, 0.1) is 4.92 Å². The van der Waals surface area contributed by atoms with Crippen molar-refractivity contribution in [3.8, 4) is 0 Å². The van der Waals surface area contributed by atoms with Gasteiger partial charge in [-0.25, -0.2) is 0 Å². The molecule has 5 heteroatoms. The van der Waals surface area contributed by atoms with Crippen molar-refractivity contribution in [1.82, 2.24) is 5.32 Å². The van der Waals surface area contributed by atoms with E-state index in [1.807, 2.05) is 0 Å². The Morgan fingerprint density at radius 3 is 2.62 bits per heavy atom. The summed E-state index contributed by atoms with van der Waals surface area (Å²) in [5, 5.41) is 13.7. The molecule has 0 spiro atoms. The molecule has 1 aliphatic rings. The highest BCUT2D eigenvalue weighted by molar-refractivity contribution is 5.36. The molecule has 0 amide bonds. The average molecular weight is 224 g/mol.